The summed E-state index contributed by atoms with van der Waals surface area (Å²) < 4.78 is 0. The van der Waals surface area contributed by atoms with E-state index in [9.17, 15) is 9.90 Å². The molecule has 4 N–H and O–H groups in total. The Labute approximate surface area is 119 Å². The Morgan fingerprint density at radius 2 is 1.90 bits per heavy atom. The zero-order valence-electron chi connectivity index (χ0n) is 11.9. The molecule has 114 valence electrons. The number of amides is 1. The molecule has 0 aromatic heterocycles. The summed E-state index contributed by atoms with van der Waals surface area (Å²) in [7, 11) is 0. The number of carbonyl (C=O) groups excluding carboxylic acids is 1. The summed E-state index contributed by atoms with van der Waals surface area (Å²) in [6, 6.07) is 0.208. The number of hydrogen-bond acceptors (Lipinski definition) is 4. The van der Waals surface area contributed by atoms with Crippen molar-refractivity contribution in [2.45, 2.75) is 57.4 Å². The average Bonchev–Trinajstić information content (AvgIpc) is 2.44. The van der Waals surface area contributed by atoms with Gasteiger partial charge in [0.05, 0.1) is 6.61 Å². The molecule has 0 radical (unpaired) electrons. The van der Waals surface area contributed by atoms with Crippen molar-refractivity contribution in [2.24, 2.45) is 16.3 Å². The number of amidine groups is 1. The van der Waals surface area contributed by atoms with Crippen LogP contribution in [0.1, 0.15) is 51.4 Å². The maximum absolute atomic E-state index is 13.0. The van der Waals surface area contributed by atoms with Crippen molar-refractivity contribution in [2.75, 3.05) is 13.2 Å². The molecule has 1 amide bonds. The molecular formula is C14H25N3O3. The second-order valence-electron chi connectivity index (χ2n) is 5.93. The summed E-state index contributed by atoms with van der Waals surface area (Å²) in [6.07, 6.45) is 7.27. The van der Waals surface area contributed by atoms with Crippen LogP contribution in [0.3, 0.4) is 0 Å². The van der Waals surface area contributed by atoms with Gasteiger partial charge in [-0.15, -0.1) is 0 Å². The lowest BCUT2D eigenvalue weighted by Gasteiger charge is -2.44. The van der Waals surface area contributed by atoms with E-state index in [2.05, 4.69) is 5.16 Å². The number of rotatable bonds is 5. The van der Waals surface area contributed by atoms with E-state index in [0.717, 1.165) is 38.5 Å². The predicted molar refractivity (Wildman–Crippen MR) is 75.4 cm³/mol. The molecule has 0 spiro atoms. The highest BCUT2D eigenvalue weighted by Gasteiger charge is 2.47. The second-order valence-corrected chi connectivity index (χ2v) is 5.93. The van der Waals surface area contributed by atoms with Gasteiger partial charge >= 0.3 is 0 Å². The minimum absolute atomic E-state index is 0.0319. The van der Waals surface area contributed by atoms with Gasteiger partial charge in [0.15, 0.2) is 5.84 Å². The maximum atomic E-state index is 13.0. The summed E-state index contributed by atoms with van der Waals surface area (Å²) in [5.41, 5.74) is 5.00. The molecule has 2 fully saturated rings. The third-order valence-electron chi connectivity index (χ3n) is 4.83. The number of hydrogen-bond donors (Lipinski definition) is 3. The Bertz CT molecular complexity index is 374. The Balaban J connectivity index is 2.23. The molecule has 6 heteroatoms. The number of aliphatic hydroxyl groups excluding tert-OH is 1. The van der Waals surface area contributed by atoms with Crippen LogP contribution in [-0.4, -0.2) is 46.1 Å². The van der Waals surface area contributed by atoms with E-state index < -0.39 is 5.41 Å². The molecule has 6 nitrogen and oxygen atoms in total. The first-order chi connectivity index (χ1) is 9.65. The molecule has 2 rings (SSSR count). The van der Waals surface area contributed by atoms with Crippen molar-refractivity contribution in [1.29, 1.82) is 0 Å². The Morgan fingerprint density at radius 3 is 2.35 bits per heavy atom. The number of carbonyl (C=O) groups is 1. The quantitative estimate of drug-likeness (QED) is 0.304. The largest absolute Gasteiger partial charge is 0.409 e. The molecule has 0 heterocycles. The minimum atomic E-state index is -0.863. The smallest absolute Gasteiger partial charge is 0.236 e. The molecule has 2 aliphatic rings. The van der Waals surface area contributed by atoms with Crippen LogP contribution in [0.4, 0.5) is 0 Å². The molecule has 20 heavy (non-hydrogen) atoms. The van der Waals surface area contributed by atoms with Crippen LogP contribution >= 0.6 is 0 Å². The van der Waals surface area contributed by atoms with E-state index >= 15 is 0 Å². The summed E-state index contributed by atoms with van der Waals surface area (Å²) in [5.74, 6) is -0.0317. The van der Waals surface area contributed by atoms with E-state index in [0.29, 0.717) is 19.4 Å². The predicted octanol–water partition coefficient (Wildman–Crippen LogP) is 1.06. The summed E-state index contributed by atoms with van der Waals surface area (Å²) >= 11 is 0. The van der Waals surface area contributed by atoms with Crippen molar-refractivity contribution in [3.8, 4) is 0 Å². The second kappa shape index (κ2) is 6.43. The van der Waals surface area contributed by atoms with Crippen LogP contribution in [0.5, 0.6) is 0 Å². The molecule has 0 aromatic rings. The maximum Gasteiger partial charge on any atom is 0.236 e. The monoisotopic (exact) mass is 283 g/mol. The van der Waals surface area contributed by atoms with E-state index in [-0.39, 0.29) is 24.4 Å². The molecule has 0 aromatic carbocycles. The topological polar surface area (TPSA) is 99.2 Å². The van der Waals surface area contributed by atoms with Gasteiger partial charge in [-0.1, -0.05) is 24.4 Å². The van der Waals surface area contributed by atoms with Gasteiger partial charge < -0.3 is 20.9 Å². The minimum Gasteiger partial charge on any atom is -0.409 e. The highest BCUT2D eigenvalue weighted by molar-refractivity contribution is 6.07. The van der Waals surface area contributed by atoms with Crippen LogP contribution in [0.15, 0.2) is 5.16 Å². The summed E-state index contributed by atoms with van der Waals surface area (Å²) in [5, 5.41) is 21.4. The lowest BCUT2D eigenvalue weighted by atomic mass is 9.71. The normalized spacial score (nSPS) is 23.1. The van der Waals surface area contributed by atoms with Gasteiger partial charge in [-0.05, 0) is 32.1 Å². The lowest BCUT2D eigenvalue weighted by molar-refractivity contribution is -0.144. The van der Waals surface area contributed by atoms with Gasteiger partial charge in [-0.25, -0.2) is 0 Å². The molecule has 0 aliphatic heterocycles. The van der Waals surface area contributed by atoms with Gasteiger partial charge in [-0.3, -0.25) is 4.79 Å². The molecule has 0 atom stereocenters. The van der Waals surface area contributed by atoms with Crippen LogP contribution in [0.2, 0.25) is 0 Å². The fourth-order valence-corrected chi connectivity index (χ4v) is 3.36. The third-order valence-corrected chi connectivity index (χ3v) is 4.83. The number of nitrogens with two attached hydrogens (primary N) is 1. The van der Waals surface area contributed by atoms with Crippen molar-refractivity contribution >= 4 is 11.7 Å². The fourth-order valence-electron chi connectivity index (χ4n) is 3.36. The first kappa shape index (κ1) is 15.1. The number of oxime groups is 1. The summed E-state index contributed by atoms with van der Waals surface area (Å²) in [4.78, 5) is 14.7. The molecule has 0 bridgehead atoms. The van der Waals surface area contributed by atoms with Crippen LogP contribution in [-0.2, 0) is 4.79 Å². The van der Waals surface area contributed by atoms with Crippen molar-refractivity contribution in [3.05, 3.63) is 0 Å². The first-order valence-electron chi connectivity index (χ1n) is 7.55. The Hall–Kier alpha value is -1.30. The fraction of sp³-hybridized carbons (Fsp3) is 0.857. The SMILES string of the molecule is NC(=NO)C1(C(=O)N(CCO)C2CCC2)CCCCC1. The molecule has 0 saturated heterocycles. The van der Waals surface area contributed by atoms with Crippen molar-refractivity contribution < 1.29 is 15.1 Å². The van der Waals surface area contributed by atoms with E-state index in [1.165, 1.54) is 0 Å². The van der Waals surface area contributed by atoms with Crippen molar-refractivity contribution in [3.63, 3.8) is 0 Å². The third kappa shape index (κ3) is 2.61. The van der Waals surface area contributed by atoms with Crippen LogP contribution in [0.25, 0.3) is 0 Å². The van der Waals surface area contributed by atoms with E-state index in [1.807, 2.05) is 0 Å². The molecule has 2 aliphatic carbocycles. The van der Waals surface area contributed by atoms with Crippen LogP contribution < -0.4 is 5.73 Å². The van der Waals surface area contributed by atoms with E-state index in [4.69, 9.17) is 10.9 Å². The number of nitrogens with zero attached hydrogens (tertiary/aromatic N) is 2. The average molecular weight is 283 g/mol. The Morgan fingerprint density at radius 1 is 1.25 bits per heavy atom. The van der Waals surface area contributed by atoms with Crippen molar-refractivity contribution in [1.82, 2.24) is 4.90 Å². The molecule has 0 unspecified atom stereocenters. The van der Waals surface area contributed by atoms with Gasteiger partial charge in [-0.2, -0.15) is 0 Å². The summed E-state index contributed by atoms with van der Waals surface area (Å²) in [6.45, 7) is 0.290. The Kier molecular flexibility index (Phi) is 4.86. The molecule has 2 saturated carbocycles. The standard InChI is InChI=1S/C14H25N3O3/c15-12(16-20)14(7-2-1-3-8-14)13(19)17(9-10-18)11-5-4-6-11/h11,18,20H,1-10H2,(H2,15,16). The number of aliphatic hydroxyl groups is 1. The zero-order chi connectivity index (χ0) is 14.6. The first-order valence-corrected chi connectivity index (χ1v) is 7.55. The van der Waals surface area contributed by atoms with Gasteiger partial charge in [0, 0.05) is 12.6 Å². The van der Waals surface area contributed by atoms with Gasteiger partial charge in [0.2, 0.25) is 5.91 Å². The van der Waals surface area contributed by atoms with Gasteiger partial charge in [0.1, 0.15) is 5.41 Å². The highest BCUT2D eigenvalue weighted by Crippen LogP contribution is 2.40. The van der Waals surface area contributed by atoms with E-state index in [1.54, 1.807) is 4.90 Å². The van der Waals surface area contributed by atoms with Crippen LogP contribution in [0, 0.1) is 5.41 Å². The molecular weight excluding hydrogens is 258 g/mol. The zero-order valence-corrected chi connectivity index (χ0v) is 11.9. The highest BCUT2D eigenvalue weighted by atomic mass is 16.4. The van der Waals surface area contributed by atoms with Gasteiger partial charge in [0.25, 0.3) is 0 Å². The lowest BCUT2D eigenvalue weighted by Crippen LogP contribution is -2.57.